The minimum absolute atomic E-state index is 0.141. The quantitative estimate of drug-likeness (QED) is 0.388. The van der Waals surface area contributed by atoms with E-state index in [4.69, 9.17) is 9.47 Å². The molecule has 0 atom stereocenters. The molecule has 2 aromatic rings. The van der Waals surface area contributed by atoms with Crippen molar-refractivity contribution in [1.29, 1.82) is 0 Å². The number of ether oxygens (including phenoxy) is 2. The number of hydrogen-bond acceptors (Lipinski definition) is 4. The second-order valence-electron chi connectivity index (χ2n) is 4.08. The van der Waals surface area contributed by atoms with Crippen molar-refractivity contribution in [3.63, 3.8) is 0 Å². The molecular weight excluding hydrogens is 406 g/mol. The Morgan fingerprint density at radius 3 is 2.52 bits per heavy atom. The number of nitro groups is 1. The summed E-state index contributed by atoms with van der Waals surface area (Å²) in [6.45, 7) is 0. The Kier molecular flexibility index (Phi) is 5.19. The van der Waals surface area contributed by atoms with E-state index in [9.17, 15) is 10.1 Å². The maximum Gasteiger partial charge on any atom is 0.315 e. The number of alkyl halides is 1. The number of rotatable bonds is 5. The average Bonchev–Trinajstić information content (AvgIpc) is 2.49. The number of nitro benzene ring substituents is 1. The van der Waals surface area contributed by atoms with Crippen molar-refractivity contribution in [2.24, 2.45) is 0 Å². The minimum Gasteiger partial charge on any atom is -0.496 e. The topological polar surface area (TPSA) is 61.6 Å². The normalized spacial score (nSPS) is 10.2. The molecule has 21 heavy (non-hydrogen) atoms. The summed E-state index contributed by atoms with van der Waals surface area (Å²) >= 11 is 6.75. The summed E-state index contributed by atoms with van der Waals surface area (Å²) in [5.74, 6) is 1.14. The first-order valence-corrected chi connectivity index (χ1v) is 7.81. The van der Waals surface area contributed by atoms with E-state index in [0.717, 1.165) is 10.0 Å². The Hall–Kier alpha value is -1.60. The zero-order valence-electron chi connectivity index (χ0n) is 11.0. The van der Waals surface area contributed by atoms with Crippen LogP contribution in [0.5, 0.6) is 17.2 Å². The number of nitrogens with zero attached hydrogens (tertiary/aromatic N) is 1. The highest BCUT2D eigenvalue weighted by Crippen LogP contribution is 2.36. The van der Waals surface area contributed by atoms with Gasteiger partial charge >= 0.3 is 5.69 Å². The van der Waals surface area contributed by atoms with Gasteiger partial charge in [0, 0.05) is 15.4 Å². The van der Waals surface area contributed by atoms with Gasteiger partial charge in [-0.25, -0.2) is 0 Å². The SMILES string of the molecule is COc1ccc(Oc2ccc(Br)cc2CBr)c([N+](=O)[O-])c1. The number of methoxy groups -OCH3 is 1. The first-order chi connectivity index (χ1) is 10.0. The fourth-order valence-electron chi connectivity index (χ4n) is 1.72. The van der Waals surface area contributed by atoms with E-state index < -0.39 is 4.92 Å². The summed E-state index contributed by atoms with van der Waals surface area (Å²) in [6.07, 6.45) is 0. The molecule has 2 rings (SSSR count). The van der Waals surface area contributed by atoms with Gasteiger partial charge in [-0.2, -0.15) is 0 Å². The van der Waals surface area contributed by atoms with E-state index in [0.29, 0.717) is 16.8 Å². The molecular formula is C14H11Br2NO4. The van der Waals surface area contributed by atoms with Crippen LogP contribution in [0.15, 0.2) is 40.9 Å². The molecule has 0 amide bonds. The van der Waals surface area contributed by atoms with Crippen molar-refractivity contribution in [2.75, 3.05) is 7.11 Å². The highest BCUT2D eigenvalue weighted by Gasteiger charge is 2.18. The highest BCUT2D eigenvalue weighted by atomic mass is 79.9. The molecule has 7 heteroatoms. The van der Waals surface area contributed by atoms with Gasteiger partial charge < -0.3 is 9.47 Å². The van der Waals surface area contributed by atoms with Crippen molar-refractivity contribution in [3.05, 3.63) is 56.5 Å². The van der Waals surface area contributed by atoms with Gasteiger partial charge in [0.15, 0.2) is 0 Å². The van der Waals surface area contributed by atoms with E-state index in [1.165, 1.54) is 19.2 Å². The van der Waals surface area contributed by atoms with Gasteiger partial charge in [-0.1, -0.05) is 31.9 Å². The number of halogens is 2. The summed E-state index contributed by atoms with van der Waals surface area (Å²) in [6, 6.07) is 9.94. The Labute approximate surface area is 138 Å². The molecule has 5 nitrogen and oxygen atoms in total. The van der Waals surface area contributed by atoms with Gasteiger partial charge in [-0.05, 0) is 30.3 Å². The predicted octanol–water partition coefficient (Wildman–Crippen LogP) is 5.05. The smallest absolute Gasteiger partial charge is 0.315 e. The van der Waals surface area contributed by atoms with E-state index in [-0.39, 0.29) is 11.4 Å². The van der Waals surface area contributed by atoms with Crippen LogP contribution in [0.2, 0.25) is 0 Å². The molecule has 0 aliphatic rings. The molecule has 0 fully saturated rings. The molecule has 0 bridgehead atoms. The molecule has 0 heterocycles. The standard InChI is InChI=1S/C14H11Br2NO4/c1-20-11-3-5-14(12(7-11)17(18)19)21-13-4-2-10(16)6-9(13)8-15/h2-7H,8H2,1H3. The zero-order chi connectivity index (χ0) is 15.4. The molecule has 0 saturated heterocycles. The van der Waals surface area contributed by atoms with Crippen LogP contribution < -0.4 is 9.47 Å². The lowest BCUT2D eigenvalue weighted by Gasteiger charge is -2.11. The van der Waals surface area contributed by atoms with Gasteiger partial charge in [-0.15, -0.1) is 0 Å². The van der Waals surface area contributed by atoms with Crippen LogP contribution in [0.3, 0.4) is 0 Å². The monoisotopic (exact) mass is 415 g/mol. The largest absolute Gasteiger partial charge is 0.496 e. The Morgan fingerprint density at radius 1 is 1.19 bits per heavy atom. The first-order valence-electron chi connectivity index (χ1n) is 5.90. The molecule has 0 unspecified atom stereocenters. The number of hydrogen-bond donors (Lipinski definition) is 0. The third kappa shape index (κ3) is 3.74. The van der Waals surface area contributed by atoms with Crippen LogP contribution >= 0.6 is 31.9 Å². The minimum atomic E-state index is -0.496. The maximum absolute atomic E-state index is 11.1. The second-order valence-corrected chi connectivity index (χ2v) is 5.55. The molecule has 0 spiro atoms. The molecule has 0 aromatic heterocycles. The van der Waals surface area contributed by atoms with Gasteiger partial charge in [0.2, 0.25) is 5.75 Å². The van der Waals surface area contributed by atoms with Crippen LogP contribution in [0.25, 0.3) is 0 Å². The zero-order valence-corrected chi connectivity index (χ0v) is 14.2. The van der Waals surface area contributed by atoms with E-state index >= 15 is 0 Å². The fraction of sp³-hybridized carbons (Fsp3) is 0.143. The van der Waals surface area contributed by atoms with Crippen molar-refractivity contribution in [3.8, 4) is 17.2 Å². The second kappa shape index (κ2) is 6.91. The van der Waals surface area contributed by atoms with Gasteiger partial charge in [0.05, 0.1) is 18.1 Å². The van der Waals surface area contributed by atoms with Gasteiger partial charge in [0.1, 0.15) is 11.5 Å². The van der Waals surface area contributed by atoms with E-state index in [2.05, 4.69) is 31.9 Å². The summed E-state index contributed by atoms with van der Waals surface area (Å²) in [5, 5.41) is 11.7. The number of benzene rings is 2. The van der Waals surface area contributed by atoms with Crippen molar-refractivity contribution in [1.82, 2.24) is 0 Å². The van der Waals surface area contributed by atoms with Crippen LogP contribution in [-0.2, 0) is 5.33 Å². The maximum atomic E-state index is 11.1. The third-order valence-corrected chi connectivity index (χ3v) is 3.85. The van der Waals surface area contributed by atoms with E-state index in [1.54, 1.807) is 12.1 Å². The summed E-state index contributed by atoms with van der Waals surface area (Å²) in [4.78, 5) is 10.6. The lowest BCUT2D eigenvalue weighted by molar-refractivity contribution is -0.385. The lowest BCUT2D eigenvalue weighted by atomic mass is 10.2. The van der Waals surface area contributed by atoms with Gasteiger partial charge in [0.25, 0.3) is 0 Å². The fourth-order valence-corrected chi connectivity index (χ4v) is 2.57. The van der Waals surface area contributed by atoms with Crippen molar-refractivity contribution >= 4 is 37.5 Å². The lowest BCUT2D eigenvalue weighted by Crippen LogP contribution is -1.96. The molecule has 110 valence electrons. The van der Waals surface area contributed by atoms with Crippen LogP contribution in [-0.4, -0.2) is 12.0 Å². The predicted molar refractivity (Wildman–Crippen MR) is 86.5 cm³/mol. The molecule has 0 aliphatic heterocycles. The summed E-state index contributed by atoms with van der Waals surface area (Å²) in [5.41, 5.74) is 0.743. The molecule has 0 saturated carbocycles. The van der Waals surface area contributed by atoms with E-state index in [1.807, 2.05) is 12.1 Å². The van der Waals surface area contributed by atoms with Crippen LogP contribution in [0.1, 0.15) is 5.56 Å². The third-order valence-electron chi connectivity index (χ3n) is 2.75. The first kappa shape index (κ1) is 15.8. The van der Waals surface area contributed by atoms with Crippen molar-refractivity contribution in [2.45, 2.75) is 5.33 Å². The highest BCUT2D eigenvalue weighted by molar-refractivity contribution is 9.10. The van der Waals surface area contributed by atoms with Crippen LogP contribution in [0.4, 0.5) is 5.69 Å². The summed E-state index contributed by atoms with van der Waals surface area (Å²) < 4.78 is 11.6. The molecule has 0 radical (unpaired) electrons. The van der Waals surface area contributed by atoms with Crippen molar-refractivity contribution < 1.29 is 14.4 Å². The summed E-state index contributed by atoms with van der Waals surface area (Å²) in [7, 11) is 1.46. The Morgan fingerprint density at radius 2 is 1.90 bits per heavy atom. The molecule has 2 aromatic carbocycles. The Balaban J connectivity index is 2.42. The average molecular weight is 417 g/mol. The molecule has 0 N–H and O–H groups in total. The Bertz CT molecular complexity index is 676. The van der Waals surface area contributed by atoms with Crippen LogP contribution in [0, 0.1) is 10.1 Å². The molecule has 0 aliphatic carbocycles. The van der Waals surface area contributed by atoms with Gasteiger partial charge in [-0.3, -0.25) is 10.1 Å².